The number of hydrazine groups is 1. The second-order valence-corrected chi connectivity index (χ2v) is 2.79. The van der Waals surface area contributed by atoms with Crippen molar-refractivity contribution in [3.8, 4) is 12.3 Å². The standard InChI is InChI=1S/C10H11FN2/c1-3-10(13-12)8-5-4-7(2)6-9(8)11/h1,4-6,10,13H,12H2,2H3. The fourth-order valence-electron chi connectivity index (χ4n) is 1.09. The van der Waals surface area contributed by atoms with Crippen LogP contribution in [0.3, 0.4) is 0 Å². The second kappa shape index (κ2) is 4.04. The molecule has 0 spiro atoms. The van der Waals surface area contributed by atoms with Gasteiger partial charge in [0, 0.05) is 5.56 Å². The molecule has 0 aliphatic carbocycles. The summed E-state index contributed by atoms with van der Waals surface area (Å²) in [6.07, 6.45) is 5.16. The zero-order valence-electron chi connectivity index (χ0n) is 7.34. The Morgan fingerprint density at radius 3 is 2.77 bits per heavy atom. The molecule has 1 unspecified atom stereocenters. The van der Waals surface area contributed by atoms with Crippen LogP contribution in [0.2, 0.25) is 0 Å². The molecule has 3 N–H and O–H groups in total. The van der Waals surface area contributed by atoms with Gasteiger partial charge in [-0.05, 0) is 18.6 Å². The van der Waals surface area contributed by atoms with Gasteiger partial charge in [-0.15, -0.1) is 6.42 Å². The van der Waals surface area contributed by atoms with Crippen LogP contribution in [-0.2, 0) is 0 Å². The van der Waals surface area contributed by atoms with E-state index in [0.29, 0.717) is 5.56 Å². The minimum Gasteiger partial charge on any atom is -0.270 e. The van der Waals surface area contributed by atoms with E-state index in [1.807, 2.05) is 6.92 Å². The first-order chi connectivity index (χ1) is 6.19. The lowest BCUT2D eigenvalue weighted by atomic mass is 10.1. The van der Waals surface area contributed by atoms with E-state index in [4.69, 9.17) is 12.3 Å². The monoisotopic (exact) mass is 178 g/mol. The Balaban J connectivity index is 3.09. The molecule has 3 heteroatoms. The first-order valence-corrected chi connectivity index (χ1v) is 3.87. The number of hydrogen-bond donors (Lipinski definition) is 2. The maximum Gasteiger partial charge on any atom is 0.129 e. The first kappa shape index (κ1) is 9.72. The van der Waals surface area contributed by atoms with Gasteiger partial charge in [0.05, 0.1) is 0 Å². The highest BCUT2D eigenvalue weighted by molar-refractivity contribution is 5.30. The van der Waals surface area contributed by atoms with Crippen molar-refractivity contribution >= 4 is 0 Å². The molecule has 0 saturated carbocycles. The van der Waals surface area contributed by atoms with E-state index in [1.54, 1.807) is 12.1 Å². The van der Waals surface area contributed by atoms with Gasteiger partial charge in [0.1, 0.15) is 11.9 Å². The molecule has 68 valence electrons. The number of halogens is 1. The summed E-state index contributed by atoms with van der Waals surface area (Å²) in [5.74, 6) is 7.18. The van der Waals surface area contributed by atoms with Crippen LogP contribution in [0, 0.1) is 25.1 Å². The number of benzene rings is 1. The quantitative estimate of drug-likeness (QED) is 0.406. The molecular weight excluding hydrogens is 167 g/mol. The lowest BCUT2D eigenvalue weighted by Gasteiger charge is -2.10. The summed E-state index contributed by atoms with van der Waals surface area (Å²) in [5.41, 5.74) is 3.61. The van der Waals surface area contributed by atoms with Gasteiger partial charge in [-0.2, -0.15) is 0 Å². The van der Waals surface area contributed by atoms with Crippen molar-refractivity contribution in [2.24, 2.45) is 5.84 Å². The molecule has 0 heterocycles. The summed E-state index contributed by atoms with van der Waals surface area (Å²) in [5, 5.41) is 0. The molecule has 1 rings (SSSR count). The second-order valence-electron chi connectivity index (χ2n) is 2.79. The van der Waals surface area contributed by atoms with Crippen LogP contribution in [0.15, 0.2) is 18.2 Å². The number of hydrogen-bond acceptors (Lipinski definition) is 2. The molecule has 0 fully saturated rings. The molecule has 1 aromatic rings. The number of aryl methyl sites for hydroxylation is 1. The van der Waals surface area contributed by atoms with E-state index in [0.717, 1.165) is 5.56 Å². The Morgan fingerprint density at radius 2 is 2.31 bits per heavy atom. The SMILES string of the molecule is C#CC(NN)c1ccc(C)cc1F. The van der Waals surface area contributed by atoms with Crippen molar-refractivity contribution in [3.05, 3.63) is 35.1 Å². The zero-order valence-corrected chi connectivity index (χ0v) is 7.34. The molecule has 2 nitrogen and oxygen atoms in total. The van der Waals surface area contributed by atoms with Crippen molar-refractivity contribution in [3.63, 3.8) is 0 Å². The molecule has 0 aliphatic heterocycles. The van der Waals surface area contributed by atoms with Gasteiger partial charge in [0.25, 0.3) is 0 Å². The summed E-state index contributed by atoms with van der Waals surface area (Å²) in [7, 11) is 0. The van der Waals surface area contributed by atoms with Crippen LogP contribution in [0.1, 0.15) is 17.2 Å². The van der Waals surface area contributed by atoms with Gasteiger partial charge in [-0.25, -0.2) is 9.82 Å². The van der Waals surface area contributed by atoms with Gasteiger partial charge < -0.3 is 0 Å². The minimum absolute atomic E-state index is 0.332. The lowest BCUT2D eigenvalue weighted by molar-refractivity contribution is 0.574. The molecule has 13 heavy (non-hydrogen) atoms. The minimum atomic E-state index is -0.569. The van der Waals surface area contributed by atoms with Crippen molar-refractivity contribution in [1.29, 1.82) is 0 Å². The fraction of sp³-hybridized carbons (Fsp3) is 0.200. The van der Waals surface area contributed by atoms with Crippen LogP contribution in [0.25, 0.3) is 0 Å². The van der Waals surface area contributed by atoms with E-state index in [-0.39, 0.29) is 5.82 Å². The van der Waals surface area contributed by atoms with Gasteiger partial charge in [-0.1, -0.05) is 18.1 Å². The number of nitrogens with one attached hydrogen (secondary N) is 1. The molecule has 0 aliphatic rings. The number of rotatable bonds is 2. The molecular formula is C10H11FN2. The van der Waals surface area contributed by atoms with E-state index in [1.165, 1.54) is 6.07 Å². The van der Waals surface area contributed by atoms with Gasteiger partial charge >= 0.3 is 0 Å². The maximum absolute atomic E-state index is 13.3. The molecule has 0 bridgehead atoms. The highest BCUT2D eigenvalue weighted by Crippen LogP contribution is 2.16. The Morgan fingerprint density at radius 1 is 1.62 bits per heavy atom. The Bertz CT molecular complexity index is 341. The maximum atomic E-state index is 13.3. The first-order valence-electron chi connectivity index (χ1n) is 3.87. The van der Waals surface area contributed by atoms with E-state index >= 15 is 0 Å². The highest BCUT2D eigenvalue weighted by atomic mass is 19.1. The molecule has 0 aromatic heterocycles. The lowest BCUT2D eigenvalue weighted by Crippen LogP contribution is -2.27. The molecule has 1 atom stereocenters. The molecule has 0 radical (unpaired) electrons. The van der Waals surface area contributed by atoms with Crippen LogP contribution in [-0.4, -0.2) is 0 Å². The third kappa shape index (κ3) is 2.05. The van der Waals surface area contributed by atoms with E-state index in [9.17, 15) is 4.39 Å². The summed E-state index contributed by atoms with van der Waals surface area (Å²) in [4.78, 5) is 0. The van der Waals surface area contributed by atoms with E-state index in [2.05, 4.69) is 11.3 Å². The summed E-state index contributed by atoms with van der Waals surface area (Å²) < 4.78 is 13.3. The normalized spacial score (nSPS) is 12.2. The predicted molar refractivity (Wildman–Crippen MR) is 50.0 cm³/mol. The zero-order chi connectivity index (χ0) is 9.84. The third-order valence-electron chi connectivity index (χ3n) is 1.80. The predicted octanol–water partition coefficient (Wildman–Crippen LogP) is 1.27. The van der Waals surface area contributed by atoms with Crippen molar-refractivity contribution < 1.29 is 4.39 Å². The van der Waals surface area contributed by atoms with Crippen LogP contribution < -0.4 is 11.3 Å². The molecule has 0 amide bonds. The summed E-state index contributed by atoms with van der Waals surface area (Å²) in [6.45, 7) is 1.81. The van der Waals surface area contributed by atoms with E-state index < -0.39 is 6.04 Å². The van der Waals surface area contributed by atoms with Gasteiger partial charge in [-0.3, -0.25) is 5.84 Å². The largest absolute Gasteiger partial charge is 0.270 e. The number of nitrogens with two attached hydrogens (primary N) is 1. The molecule has 1 aromatic carbocycles. The van der Waals surface area contributed by atoms with Crippen LogP contribution in [0.5, 0.6) is 0 Å². The number of terminal acetylenes is 1. The fourth-order valence-corrected chi connectivity index (χ4v) is 1.09. The summed E-state index contributed by atoms with van der Waals surface area (Å²) in [6, 6.07) is 4.28. The topological polar surface area (TPSA) is 38.0 Å². The average Bonchev–Trinajstić information content (AvgIpc) is 2.10. The van der Waals surface area contributed by atoms with Gasteiger partial charge in [0.2, 0.25) is 0 Å². The Hall–Kier alpha value is -1.37. The third-order valence-corrected chi connectivity index (χ3v) is 1.80. The van der Waals surface area contributed by atoms with Gasteiger partial charge in [0.15, 0.2) is 0 Å². The Kier molecular flexibility index (Phi) is 3.02. The highest BCUT2D eigenvalue weighted by Gasteiger charge is 2.10. The van der Waals surface area contributed by atoms with Crippen molar-refractivity contribution in [2.75, 3.05) is 0 Å². The van der Waals surface area contributed by atoms with Crippen LogP contribution in [0.4, 0.5) is 4.39 Å². The van der Waals surface area contributed by atoms with Crippen molar-refractivity contribution in [2.45, 2.75) is 13.0 Å². The average molecular weight is 178 g/mol. The van der Waals surface area contributed by atoms with Crippen LogP contribution >= 0.6 is 0 Å². The summed E-state index contributed by atoms with van der Waals surface area (Å²) >= 11 is 0. The smallest absolute Gasteiger partial charge is 0.129 e. The molecule has 0 saturated heterocycles. The van der Waals surface area contributed by atoms with Crippen molar-refractivity contribution in [1.82, 2.24) is 5.43 Å². The Labute approximate surface area is 76.9 Å².